The minimum absolute atomic E-state index is 0.248. The van der Waals surface area contributed by atoms with Crippen molar-refractivity contribution in [3.05, 3.63) is 33.8 Å². The number of hydrogen-bond donors (Lipinski definition) is 1. The lowest BCUT2D eigenvalue weighted by Crippen LogP contribution is -2.53. The highest BCUT2D eigenvalue weighted by Crippen LogP contribution is 2.19. The van der Waals surface area contributed by atoms with Gasteiger partial charge in [0.15, 0.2) is 0 Å². The molecule has 1 heterocycles. The van der Waals surface area contributed by atoms with Gasteiger partial charge in [-0.2, -0.15) is 5.10 Å². The summed E-state index contributed by atoms with van der Waals surface area (Å²) in [6.45, 7) is 3.12. The van der Waals surface area contributed by atoms with Crippen molar-refractivity contribution < 1.29 is 19.1 Å². The van der Waals surface area contributed by atoms with Crippen LogP contribution in [0.25, 0.3) is 0 Å². The van der Waals surface area contributed by atoms with Gasteiger partial charge >= 0.3 is 17.9 Å². The summed E-state index contributed by atoms with van der Waals surface area (Å²) in [7, 11) is 0. The molecule has 0 atom stereocenters. The number of hydrogen-bond acceptors (Lipinski definition) is 5. The maximum Gasteiger partial charge on any atom is 0.409 e. The van der Waals surface area contributed by atoms with Crippen LogP contribution in [-0.2, 0) is 14.3 Å². The zero-order valence-corrected chi connectivity index (χ0v) is 15.6. The molecule has 0 saturated carbocycles. The minimum Gasteiger partial charge on any atom is -0.450 e. The molecule has 1 saturated heterocycles. The number of nitrogens with zero attached hydrogens (tertiary/aromatic N) is 3. The smallest absolute Gasteiger partial charge is 0.409 e. The van der Waals surface area contributed by atoms with E-state index in [0.717, 1.165) is 0 Å². The molecule has 3 amide bonds. The second-order valence-electron chi connectivity index (χ2n) is 5.34. The first-order valence-electron chi connectivity index (χ1n) is 7.91. The Bertz CT molecular complexity index is 718. The minimum atomic E-state index is -0.865. The van der Waals surface area contributed by atoms with Gasteiger partial charge in [-0.05, 0) is 19.1 Å². The quantitative estimate of drug-likeness (QED) is 0.475. The molecule has 1 aromatic rings. The van der Waals surface area contributed by atoms with Crippen molar-refractivity contribution in [2.75, 3.05) is 32.8 Å². The molecular weight excluding hydrogens is 383 g/mol. The van der Waals surface area contributed by atoms with Gasteiger partial charge in [0.05, 0.1) is 17.8 Å². The van der Waals surface area contributed by atoms with Crippen molar-refractivity contribution in [2.45, 2.75) is 6.92 Å². The summed E-state index contributed by atoms with van der Waals surface area (Å²) in [4.78, 5) is 38.5. The van der Waals surface area contributed by atoms with Gasteiger partial charge in [0.1, 0.15) is 0 Å². The Kier molecular flexibility index (Phi) is 7.23. The number of carbonyl (C=O) groups is 3. The Morgan fingerprint density at radius 2 is 1.85 bits per heavy atom. The van der Waals surface area contributed by atoms with Gasteiger partial charge in [-0.15, -0.1) is 0 Å². The van der Waals surface area contributed by atoms with Crippen LogP contribution in [0.2, 0.25) is 10.0 Å². The second kappa shape index (κ2) is 9.40. The van der Waals surface area contributed by atoms with Crippen molar-refractivity contribution >= 4 is 47.3 Å². The number of hydrazone groups is 1. The summed E-state index contributed by atoms with van der Waals surface area (Å²) < 4.78 is 4.90. The van der Waals surface area contributed by atoms with Gasteiger partial charge in [0, 0.05) is 36.8 Å². The Morgan fingerprint density at radius 3 is 2.46 bits per heavy atom. The topological polar surface area (TPSA) is 91.3 Å². The molecule has 1 aliphatic heterocycles. The van der Waals surface area contributed by atoms with E-state index in [0.29, 0.717) is 28.7 Å². The largest absolute Gasteiger partial charge is 0.450 e. The Balaban J connectivity index is 1.83. The Labute approximate surface area is 160 Å². The lowest BCUT2D eigenvalue weighted by atomic mass is 10.2. The van der Waals surface area contributed by atoms with Crippen LogP contribution in [-0.4, -0.2) is 66.7 Å². The van der Waals surface area contributed by atoms with E-state index in [2.05, 4.69) is 10.5 Å². The fourth-order valence-corrected chi connectivity index (χ4v) is 2.72. The van der Waals surface area contributed by atoms with Crippen LogP contribution in [0.1, 0.15) is 12.5 Å². The van der Waals surface area contributed by atoms with E-state index < -0.39 is 17.9 Å². The highest BCUT2D eigenvalue weighted by atomic mass is 35.5. The molecule has 0 radical (unpaired) electrons. The summed E-state index contributed by atoms with van der Waals surface area (Å²) in [5.41, 5.74) is 2.71. The van der Waals surface area contributed by atoms with Crippen molar-refractivity contribution in [3.63, 3.8) is 0 Å². The zero-order chi connectivity index (χ0) is 19.1. The van der Waals surface area contributed by atoms with Crippen LogP contribution in [0.5, 0.6) is 0 Å². The molecule has 26 heavy (non-hydrogen) atoms. The molecule has 2 rings (SSSR count). The number of carbonyl (C=O) groups excluding carboxylic acids is 3. The van der Waals surface area contributed by atoms with Gasteiger partial charge in [0.2, 0.25) is 0 Å². The molecule has 8 nitrogen and oxygen atoms in total. The Morgan fingerprint density at radius 1 is 1.19 bits per heavy atom. The van der Waals surface area contributed by atoms with E-state index in [9.17, 15) is 14.4 Å². The number of ether oxygens (including phenoxy) is 1. The first-order chi connectivity index (χ1) is 12.4. The lowest BCUT2D eigenvalue weighted by molar-refractivity contribution is -0.146. The van der Waals surface area contributed by atoms with E-state index in [-0.39, 0.29) is 19.7 Å². The molecule has 1 N–H and O–H groups in total. The summed E-state index contributed by atoms with van der Waals surface area (Å²) >= 11 is 11.8. The fraction of sp³-hybridized carbons (Fsp3) is 0.375. The average molecular weight is 401 g/mol. The fourth-order valence-electron chi connectivity index (χ4n) is 2.26. The summed E-state index contributed by atoms with van der Waals surface area (Å²) in [5, 5.41) is 4.58. The molecule has 0 spiro atoms. The SMILES string of the molecule is CCOC(=O)N1CCN(C(=O)C(=O)NN=Cc2ccc(Cl)cc2Cl)CC1. The summed E-state index contributed by atoms with van der Waals surface area (Å²) in [6.07, 6.45) is 0.899. The lowest BCUT2D eigenvalue weighted by Gasteiger charge is -2.33. The number of amides is 3. The third-order valence-electron chi connectivity index (χ3n) is 3.62. The Hall–Kier alpha value is -2.32. The first-order valence-corrected chi connectivity index (χ1v) is 8.67. The number of nitrogens with one attached hydrogen (secondary N) is 1. The third-order valence-corrected chi connectivity index (χ3v) is 4.18. The van der Waals surface area contributed by atoms with Gasteiger partial charge in [-0.3, -0.25) is 9.59 Å². The molecule has 140 valence electrons. The summed E-state index contributed by atoms with van der Waals surface area (Å²) in [6, 6.07) is 4.81. The summed E-state index contributed by atoms with van der Waals surface area (Å²) in [5.74, 6) is -1.58. The average Bonchev–Trinajstić information content (AvgIpc) is 2.63. The molecule has 1 fully saturated rings. The van der Waals surface area contributed by atoms with Crippen LogP contribution in [0, 0.1) is 0 Å². The van der Waals surface area contributed by atoms with Crippen LogP contribution in [0.15, 0.2) is 23.3 Å². The van der Waals surface area contributed by atoms with Crippen LogP contribution < -0.4 is 5.43 Å². The normalized spacial score (nSPS) is 14.4. The van der Waals surface area contributed by atoms with Gasteiger partial charge in [-0.25, -0.2) is 10.2 Å². The second-order valence-corrected chi connectivity index (χ2v) is 6.19. The predicted octanol–water partition coefficient (Wildman–Crippen LogP) is 1.74. The van der Waals surface area contributed by atoms with E-state index >= 15 is 0 Å². The van der Waals surface area contributed by atoms with Gasteiger partial charge in [-0.1, -0.05) is 29.3 Å². The standard InChI is InChI=1S/C16H18Cl2N4O4/c1-2-26-16(25)22-7-5-21(6-8-22)15(24)14(23)20-19-10-11-3-4-12(17)9-13(11)18/h3-4,9-10H,2,5-8H2,1H3,(H,20,23). The van der Waals surface area contributed by atoms with E-state index in [1.807, 2.05) is 0 Å². The monoisotopic (exact) mass is 400 g/mol. The zero-order valence-electron chi connectivity index (χ0n) is 14.1. The molecule has 10 heteroatoms. The molecule has 1 aliphatic rings. The van der Waals surface area contributed by atoms with Crippen LogP contribution >= 0.6 is 23.2 Å². The maximum absolute atomic E-state index is 12.1. The molecule has 0 aromatic heterocycles. The van der Waals surface area contributed by atoms with E-state index in [1.54, 1.807) is 25.1 Å². The van der Waals surface area contributed by atoms with Crippen molar-refractivity contribution in [1.82, 2.24) is 15.2 Å². The van der Waals surface area contributed by atoms with Crippen LogP contribution in [0.4, 0.5) is 4.79 Å². The third kappa shape index (κ3) is 5.34. The van der Waals surface area contributed by atoms with Crippen molar-refractivity contribution in [1.29, 1.82) is 0 Å². The molecule has 0 aliphatic carbocycles. The van der Waals surface area contributed by atoms with Crippen molar-refractivity contribution in [2.24, 2.45) is 5.10 Å². The molecule has 1 aromatic carbocycles. The highest BCUT2D eigenvalue weighted by Gasteiger charge is 2.28. The highest BCUT2D eigenvalue weighted by molar-refractivity contribution is 6.36. The number of rotatable bonds is 3. The first kappa shape index (κ1) is 20.0. The predicted molar refractivity (Wildman–Crippen MR) is 97.4 cm³/mol. The number of piperazine rings is 1. The van der Waals surface area contributed by atoms with E-state index in [4.69, 9.17) is 27.9 Å². The maximum atomic E-state index is 12.1. The van der Waals surface area contributed by atoms with E-state index in [1.165, 1.54) is 16.0 Å². The van der Waals surface area contributed by atoms with Gasteiger partial charge < -0.3 is 14.5 Å². The number of benzene rings is 1. The molecule has 0 unspecified atom stereocenters. The van der Waals surface area contributed by atoms with Gasteiger partial charge in [0.25, 0.3) is 0 Å². The molecule has 0 bridgehead atoms. The molecular formula is C16H18Cl2N4O4. The number of halogens is 2. The van der Waals surface area contributed by atoms with Crippen LogP contribution in [0.3, 0.4) is 0 Å². The van der Waals surface area contributed by atoms with Crippen molar-refractivity contribution in [3.8, 4) is 0 Å².